The van der Waals surface area contributed by atoms with Crippen molar-refractivity contribution in [1.82, 2.24) is 20.0 Å². The third-order valence-electron chi connectivity index (χ3n) is 2.92. The summed E-state index contributed by atoms with van der Waals surface area (Å²) >= 11 is 0. The van der Waals surface area contributed by atoms with Gasteiger partial charge in [-0.1, -0.05) is 6.08 Å². The van der Waals surface area contributed by atoms with E-state index in [-0.39, 0.29) is 11.9 Å². The summed E-state index contributed by atoms with van der Waals surface area (Å²) in [4.78, 5) is 13.8. The van der Waals surface area contributed by atoms with Gasteiger partial charge in [0.1, 0.15) is 0 Å². The summed E-state index contributed by atoms with van der Waals surface area (Å²) < 4.78 is 1.90. The van der Waals surface area contributed by atoms with E-state index in [9.17, 15) is 4.79 Å². The molecule has 1 aromatic rings. The fraction of sp³-hybridized carbons (Fsp3) is 0.538. The van der Waals surface area contributed by atoms with E-state index in [4.69, 9.17) is 0 Å². The first kappa shape index (κ1) is 14.4. The van der Waals surface area contributed by atoms with Gasteiger partial charge in [-0.15, -0.1) is 6.58 Å². The Hall–Kier alpha value is -1.62. The zero-order chi connectivity index (χ0) is 13.4. The fourth-order valence-electron chi connectivity index (χ4n) is 1.63. The van der Waals surface area contributed by atoms with Gasteiger partial charge in [0, 0.05) is 32.0 Å². The van der Waals surface area contributed by atoms with E-state index < -0.39 is 0 Å². The van der Waals surface area contributed by atoms with Crippen LogP contribution in [0.15, 0.2) is 31.1 Å². The molecule has 1 rings (SSSR count). The Balaban J connectivity index is 2.24. The SMILES string of the molecule is C=CCNC(=O)[C@@H](C)N(C)CCCn1cccn1. The smallest absolute Gasteiger partial charge is 0.237 e. The molecule has 0 saturated heterocycles. The molecule has 0 aliphatic heterocycles. The van der Waals surface area contributed by atoms with E-state index >= 15 is 0 Å². The molecular formula is C13H22N4O. The highest BCUT2D eigenvalue weighted by Crippen LogP contribution is 1.99. The third-order valence-corrected chi connectivity index (χ3v) is 2.92. The van der Waals surface area contributed by atoms with Gasteiger partial charge in [-0.05, 0) is 26.5 Å². The average molecular weight is 250 g/mol. The molecule has 1 aromatic heterocycles. The van der Waals surface area contributed by atoms with E-state index in [1.54, 1.807) is 12.3 Å². The van der Waals surface area contributed by atoms with Gasteiger partial charge < -0.3 is 5.32 Å². The molecule has 5 nitrogen and oxygen atoms in total. The predicted octanol–water partition coefficient (Wildman–Crippen LogP) is 0.896. The zero-order valence-electron chi connectivity index (χ0n) is 11.2. The first-order chi connectivity index (χ1) is 8.65. The van der Waals surface area contributed by atoms with E-state index in [1.165, 1.54) is 0 Å². The summed E-state index contributed by atoms with van der Waals surface area (Å²) in [7, 11) is 1.96. The van der Waals surface area contributed by atoms with Gasteiger partial charge in [-0.25, -0.2) is 0 Å². The summed E-state index contributed by atoms with van der Waals surface area (Å²) in [6.07, 6.45) is 6.37. The van der Waals surface area contributed by atoms with Gasteiger partial charge in [0.2, 0.25) is 5.91 Å². The molecule has 0 aliphatic rings. The van der Waals surface area contributed by atoms with Crippen LogP contribution in [0, 0.1) is 0 Å². The van der Waals surface area contributed by atoms with Crippen LogP contribution in [0.2, 0.25) is 0 Å². The number of rotatable bonds is 8. The van der Waals surface area contributed by atoms with Crippen molar-refractivity contribution in [3.05, 3.63) is 31.1 Å². The Bertz CT molecular complexity index is 361. The topological polar surface area (TPSA) is 50.2 Å². The standard InChI is InChI=1S/C13H22N4O/c1-4-7-14-13(18)12(2)16(3)9-6-11-17-10-5-8-15-17/h4-5,8,10,12H,1,6-7,9,11H2,2-3H3,(H,14,18)/t12-/m1/s1. The van der Waals surface area contributed by atoms with Crippen LogP contribution < -0.4 is 5.32 Å². The summed E-state index contributed by atoms with van der Waals surface area (Å²) in [6.45, 7) is 7.74. The lowest BCUT2D eigenvalue weighted by atomic mass is 10.2. The molecule has 1 atom stereocenters. The second-order valence-corrected chi connectivity index (χ2v) is 4.31. The maximum atomic E-state index is 11.7. The second-order valence-electron chi connectivity index (χ2n) is 4.31. The van der Waals surface area contributed by atoms with Gasteiger partial charge in [0.25, 0.3) is 0 Å². The van der Waals surface area contributed by atoms with Gasteiger partial charge in [0.15, 0.2) is 0 Å². The number of nitrogens with zero attached hydrogens (tertiary/aromatic N) is 3. The van der Waals surface area contributed by atoms with Crippen molar-refractivity contribution < 1.29 is 4.79 Å². The van der Waals surface area contributed by atoms with E-state index in [0.717, 1.165) is 19.5 Å². The highest BCUT2D eigenvalue weighted by Gasteiger charge is 2.16. The molecule has 0 fully saturated rings. The molecule has 100 valence electrons. The third kappa shape index (κ3) is 4.71. The van der Waals surface area contributed by atoms with Crippen molar-refractivity contribution >= 4 is 5.91 Å². The molecule has 0 spiro atoms. The Morgan fingerprint density at radius 3 is 3.06 bits per heavy atom. The molecule has 0 bridgehead atoms. The summed E-state index contributed by atoms with van der Waals surface area (Å²) in [5, 5.41) is 6.94. The number of likely N-dealkylation sites (N-methyl/N-ethyl adjacent to an activating group) is 1. The van der Waals surface area contributed by atoms with Crippen molar-refractivity contribution in [2.75, 3.05) is 20.1 Å². The van der Waals surface area contributed by atoms with Crippen molar-refractivity contribution in [3.8, 4) is 0 Å². The molecule has 1 N–H and O–H groups in total. The molecule has 18 heavy (non-hydrogen) atoms. The fourth-order valence-corrected chi connectivity index (χ4v) is 1.63. The molecule has 0 unspecified atom stereocenters. The van der Waals surface area contributed by atoms with Crippen LogP contribution in [0.1, 0.15) is 13.3 Å². The van der Waals surface area contributed by atoms with Crippen LogP contribution in [-0.2, 0) is 11.3 Å². The Kier molecular flexibility index (Phi) is 6.14. The minimum Gasteiger partial charge on any atom is -0.351 e. The summed E-state index contributed by atoms with van der Waals surface area (Å²) in [5.74, 6) is 0.0384. The predicted molar refractivity (Wildman–Crippen MR) is 72.1 cm³/mol. The second kappa shape index (κ2) is 7.66. The number of carbonyl (C=O) groups is 1. The Labute approximate surface area is 108 Å². The number of carbonyl (C=O) groups excluding carboxylic acids is 1. The van der Waals surface area contributed by atoms with Crippen LogP contribution in [0.5, 0.6) is 0 Å². The van der Waals surface area contributed by atoms with Crippen LogP contribution in [0.25, 0.3) is 0 Å². The Morgan fingerprint density at radius 2 is 2.44 bits per heavy atom. The van der Waals surface area contributed by atoms with Gasteiger partial charge in [0.05, 0.1) is 6.04 Å². The molecular weight excluding hydrogens is 228 g/mol. The molecule has 0 aromatic carbocycles. The summed E-state index contributed by atoms with van der Waals surface area (Å²) in [5.41, 5.74) is 0. The van der Waals surface area contributed by atoms with Crippen LogP contribution in [0.3, 0.4) is 0 Å². The molecule has 0 aliphatic carbocycles. The zero-order valence-corrected chi connectivity index (χ0v) is 11.2. The van der Waals surface area contributed by atoms with Crippen LogP contribution >= 0.6 is 0 Å². The first-order valence-corrected chi connectivity index (χ1v) is 6.21. The molecule has 0 radical (unpaired) electrons. The van der Waals surface area contributed by atoms with E-state index in [2.05, 4.69) is 17.0 Å². The van der Waals surface area contributed by atoms with Gasteiger partial charge in [-0.3, -0.25) is 14.4 Å². The number of nitrogens with one attached hydrogen (secondary N) is 1. The summed E-state index contributed by atoms with van der Waals surface area (Å²) in [6, 6.07) is 1.79. The number of aryl methyl sites for hydroxylation is 1. The molecule has 1 heterocycles. The molecule has 1 amide bonds. The minimum absolute atomic E-state index is 0.0384. The lowest BCUT2D eigenvalue weighted by molar-refractivity contribution is -0.125. The number of amides is 1. The highest BCUT2D eigenvalue weighted by atomic mass is 16.2. The van der Waals surface area contributed by atoms with Crippen molar-refractivity contribution in [2.24, 2.45) is 0 Å². The average Bonchev–Trinajstić information content (AvgIpc) is 2.87. The van der Waals surface area contributed by atoms with Crippen LogP contribution in [-0.4, -0.2) is 46.8 Å². The maximum absolute atomic E-state index is 11.7. The molecule has 0 saturated carbocycles. The molecule has 5 heteroatoms. The van der Waals surface area contributed by atoms with Gasteiger partial charge in [-0.2, -0.15) is 5.10 Å². The van der Waals surface area contributed by atoms with Crippen molar-refractivity contribution in [2.45, 2.75) is 25.9 Å². The number of aromatic nitrogens is 2. The Morgan fingerprint density at radius 1 is 1.67 bits per heavy atom. The first-order valence-electron chi connectivity index (χ1n) is 6.21. The minimum atomic E-state index is -0.123. The largest absolute Gasteiger partial charge is 0.351 e. The van der Waals surface area contributed by atoms with E-state index in [0.29, 0.717) is 6.54 Å². The quantitative estimate of drug-likeness (QED) is 0.697. The van der Waals surface area contributed by atoms with Crippen molar-refractivity contribution in [1.29, 1.82) is 0 Å². The number of hydrogen-bond acceptors (Lipinski definition) is 3. The normalized spacial score (nSPS) is 12.4. The van der Waals surface area contributed by atoms with E-state index in [1.807, 2.05) is 35.8 Å². The number of hydrogen-bond donors (Lipinski definition) is 1. The van der Waals surface area contributed by atoms with Gasteiger partial charge >= 0.3 is 0 Å². The highest BCUT2D eigenvalue weighted by molar-refractivity contribution is 5.81. The lowest BCUT2D eigenvalue weighted by Gasteiger charge is -2.23. The van der Waals surface area contributed by atoms with Crippen LogP contribution in [0.4, 0.5) is 0 Å². The monoisotopic (exact) mass is 250 g/mol. The lowest BCUT2D eigenvalue weighted by Crippen LogP contribution is -2.43. The maximum Gasteiger partial charge on any atom is 0.237 e. The van der Waals surface area contributed by atoms with Crippen molar-refractivity contribution in [3.63, 3.8) is 0 Å².